The molecule has 4 nitrogen and oxygen atoms in total. The third-order valence-corrected chi connectivity index (χ3v) is 1.72. The fourth-order valence-corrected chi connectivity index (χ4v) is 0.696. The van der Waals surface area contributed by atoms with Crippen molar-refractivity contribution < 1.29 is 20.1 Å². The average molecular weight is 228 g/mol. The van der Waals surface area contributed by atoms with Crippen molar-refractivity contribution in [3.8, 4) is 5.75 Å². The van der Waals surface area contributed by atoms with Gasteiger partial charge in [-0.2, -0.15) is 0 Å². The van der Waals surface area contributed by atoms with E-state index in [1.165, 1.54) is 6.92 Å². The Bertz CT molecular complexity index is 264. The second kappa shape index (κ2) is 7.22. The minimum absolute atomic E-state index is 0.382. The molecule has 0 saturated heterocycles. The van der Waals surface area contributed by atoms with E-state index in [0.717, 1.165) is 0 Å². The van der Waals surface area contributed by atoms with Gasteiger partial charge >= 0.3 is 0 Å². The van der Waals surface area contributed by atoms with Crippen molar-refractivity contribution in [2.24, 2.45) is 0 Å². The topological polar surface area (TPSA) is 69.9 Å². The summed E-state index contributed by atoms with van der Waals surface area (Å²) in [6.07, 6.45) is -0.352. The zero-order chi connectivity index (χ0) is 12.6. The monoisotopic (exact) mass is 228 g/mol. The van der Waals surface area contributed by atoms with Gasteiger partial charge in [-0.05, 0) is 32.4 Å². The van der Waals surface area contributed by atoms with Crippen molar-refractivity contribution in [1.82, 2.24) is 0 Å². The summed E-state index contributed by atoms with van der Waals surface area (Å²) in [5, 5.41) is 25.5. The molecule has 0 spiro atoms. The summed E-state index contributed by atoms with van der Waals surface area (Å²) in [6, 6.07) is 9.21. The number of aliphatic hydroxyl groups is 3. The lowest BCUT2D eigenvalue weighted by molar-refractivity contribution is -0.145. The van der Waals surface area contributed by atoms with E-state index < -0.39 is 12.1 Å². The van der Waals surface area contributed by atoms with Gasteiger partial charge in [0.2, 0.25) is 0 Å². The minimum Gasteiger partial charge on any atom is -0.465 e. The molecule has 1 aromatic carbocycles. The molecule has 1 rings (SSSR count). The number of hydrogen-bond donors (Lipinski definition) is 3. The molecule has 0 saturated carbocycles. The second-order valence-corrected chi connectivity index (χ2v) is 3.60. The van der Waals surface area contributed by atoms with Gasteiger partial charge in [0, 0.05) is 0 Å². The molecule has 0 bridgehead atoms. The Morgan fingerprint density at radius 3 is 2.00 bits per heavy atom. The number of benzene rings is 1. The molecule has 0 aromatic heterocycles. The van der Waals surface area contributed by atoms with E-state index in [4.69, 9.17) is 20.1 Å². The summed E-state index contributed by atoms with van der Waals surface area (Å²) >= 11 is 0. The van der Waals surface area contributed by atoms with Crippen molar-refractivity contribution in [3.05, 3.63) is 30.3 Å². The molecule has 0 radical (unpaired) electrons. The van der Waals surface area contributed by atoms with Crippen LogP contribution in [0.4, 0.5) is 0 Å². The predicted octanol–water partition coefficient (Wildman–Crippen LogP) is 1.50. The maximum Gasteiger partial charge on any atom is 0.194 e. The normalized spacial score (nSPS) is 12.4. The van der Waals surface area contributed by atoms with Crippen LogP contribution in [-0.4, -0.2) is 27.4 Å². The molecule has 0 aliphatic rings. The summed E-state index contributed by atoms with van der Waals surface area (Å²) in [5.74, 6) is -0.766. The third-order valence-electron chi connectivity index (χ3n) is 1.72. The molecule has 0 fully saturated rings. The number of ether oxygens (including phenoxy) is 1. The number of aliphatic hydroxyl groups excluding tert-OH is 1. The molecule has 0 amide bonds. The molecule has 1 atom stereocenters. The van der Waals surface area contributed by atoms with Crippen LogP contribution in [0, 0.1) is 0 Å². The van der Waals surface area contributed by atoms with E-state index in [1.54, 1.807) is 26.0 Å². The van der Waals surface area contributed by atoms with Crippen LogP contribution in [0.3, 0.4) is 0 Å². The zero-order valence-electron chi connectivity index (χ0n) is 9.92. The lowest BCUT2D eigenvalue weighted by Gasteiger charge is -2.10. The SMILES string of the molecule is CC(O)Oc1ccccc1.CCC(C)(O)O. The lowest BCUT2D eigenvalue weighted by atomic mass is 10.3. The average Bonchev–Trinajstić information content (AvgIpc) is 2.18. The molecule has 3 N–H and O–H groups in total. The van der Waals surface area contributed by atoms with Gasteiger partial charge < -0.3 is 20.1 Å². The van der Waals surface area contributed by atoms with Crippen molar-refractivity contribution in [1.29, 1.82) is 0 Å². The van der Waals surface area contributed by atoms with Crippen molar-refractivity contribution in [3.63, 3.8) is 0 Å². The molecular formula is C12H20O4. The van der Waals surface area contributed by atoms with Gasteiger partial charge in [-0.1, -0.05) is 25.1 Å². The first-order valence-electron chi connectivity index (χ1n) is 5.19. The summed E-state index contributed by atoms with van der Waals surface area (Å²) in [7, 11) is 0. The van der Waals surface area contributed by atoms with Gasteiger partial charge in [-0.3, -0.25) is 0 Å². The maximum atomic E-state index is 8.78. The van der Waals surface area contributed by atoms with Crippen molar-refractivity contribution in [2.45, 2.75) is 39.3 Å². The molecule has 0 heterocycles. The van der Waals surface area contributed by atoms with Crippen LogP contribution in [0.5, 0.6) is 5.75 Å². The third kappa shape index (κ3) is 9.45. The Hall–Kier alpha value is -1.10. The van der Waals surface area contributed by atoms with Crippen LogP contribution in [0.25, 0.3) is 0 Å². The molecule has 1 unspecified atom stereocenters. The number of para-hydroxylation sites is 1. The van der Waals surface area contributed by atoms with Gasteiger partial charge in [0.15, 0.2) is 12.1 Å². The minimum atomic E-state index is -1.46. The van der Waals surface area contributed by atoms with Gasteiger partial charge in [0.25, 0.3) is 0 Å². The van der Waals surface area contributed by atoms with E-state index in [0.29, 0.717) is 12.2 Å². The Labute approximate surface area is 96.1 Å². The van der Waals surface area contributed by atoms with Crippen LogP contribution >= 0.6 is 0 Å². The number of hydrogen-bond acceptors (Lipinski definition) is 4. The van der Waals surface area contributed by atoms with E-state index in [-0.39, 0.29) is 0 Å². The largest absolute Gasteiger partial charge is 0.465 e. The first kappa shape index (κ1) is 14.9. The maximum absolute atomic E-state index is 8.78. The molecule has 0 aliphatic heterocycles. The van der Waals surface area contributed by atoms with Gasteiger partial charge in [0.05, 0.1) is 0 Å². The van der Waals surface area contributed by atoms with Crippen LogP contribution in [0.2, 0.25) is 0 Å². The summed E-state index contributed by atoms with van der Waals surface area (Å²) < 4.78 is 4.97. The summed E-state index contributed by atoms with van der Waals surface area (Å²) in [5.41, 5.74) is 0. The molecular weight excluding hydrogens is 208 g/mol. The Morgan fingerprint density at radius 2 is 1.69 bits per heavy atom. The van der Waals surface area contributed by atoms with E-state index >= 15 is 0 Å². The Kier molecular flexibility index (Phi) is 6.72. The highest BCUT2D eigenvalue weighted by Gasteiger charge is 2.08. The standard InChI is InChI=1S/C8H10O2.C4H10O2/c1-7(9)10-8-5-3-2-4-6-8;1-3-4(2,5)6/h2-7,9H,1H3;5-6H,3H2,1-2H3. The molecule has 92 valence electrons. The first-order chi connectivity index (χ1) is 7.35. The molecule has 4 heteroatoms. The highest BCUT2D eigenvalue weighted by Crippen LogP contribution is 2.09. The highest BCUT2D eigenvalue weighted by molar-refractivity contribution is 5.20. The van der Waals surface area contributed by atoms with Crippen LogP contribution in [-0.2, 0) is 0 Å². The fourth-order valence-electron chi connectivity index (χ4n) is 0.696. The Morgan fingerprint density at radius 1 is 1.25 bits per heavy atom. The van der Waals surface area contributed by atoms with Crippen LogP contribution in [0.1, 0.15) is 27.2 Å². The van der Waals surface area contributed by atoms with Crippen molar-refractivity contribution >= 4 is 0 Å². The zero-order valence-corrected chi connectivity index (χ0v) is 9.92. The quantitative estimate of drug-likeness (QED) is 0.686. The van der Waals surface area contributed by atoms with E-state index in [9.17, 15) is 0 Å². The van der Waals surface area contributed by atoms with Crippen LogP contribution < -0.4 is 4.74 Å². The van der Waals surface area contributed by atoms with Crippen molar-refractivity contribution in [2.75, 3.05) is 0 Å². The lowest BCUT2D eigenvalue weighted by Crippen LogP contribution is -2.20. The van der Waals surface area contributed by atoms with Gasteiger partial charge in [0.1, 0.15) is 5.75 Å². The predicted molar refractivity (Wildman–Crippen MR) is 61.9 cm³/mol. The van der Waals surface area contributed by atoms with Gasteiger partial charge in [-0.15, -0.1) is 0 Å². The smallest absolute Gasteiger partial charge is 0.194 e. The van der Waals surface area contributed by atoms with Gasteiger partial charge in [-0.25, -0.2) is 0 Å². The summed E-state index contributed by atoms with van der Waals surface area (Å²) in [6.45, 7) is 4.64. The van der Waals surface area contributed by atoms with Crippen LogP contribution in [0.15, 0.2) is 30.3 Å². The summed E-state index contributed by atoms with van der Waals surface area (Å²) in [4.78, 5) is 0. The highest BCUT2D eigenvalue weighted by atomic mass is 16.6. The molecule has 16 heavy (non-hydrogen) atoms. The second-order valence-electron chi connectivity index (χ2n) is 3.60. The van der Waals surface area contributed by atoms with E-state index in [1.807, 2.05) is 18.2 Å². The van der Waals surface area contributed by atoms with E-state index in [2.05, 4.69) is 0 Å². The molecule has 1 aromatic rings. The Balaban J connectivity index is 0.000000325. The number of rotatable bonds is 3. The molecule has 0 aliphatic carbocycles. The fraction of sp³-hybridized carbons (Fsp3) is 0.500. The first-order valence-corrected chi connectivity index (χ1v) is 5.19.